The summed E-state index contributed by atoms with van der Waals surface area (Å²) in [6.45, 7) is 3.76. The number of unbranched alkanes of at least 4 members (excludes halogenated alkanes) is 1. The van der Waals surface area contributed by atoms with Gasteiger partial charge < -0.3 is 9.84 Å². The molecule has 7 heteroatoms. The largest absolute Gasteiger partial charge is 0.492 e. The van der Waals surface area contributed by atoms with Crippen LogP contribution in [0, 0.1) is 15.5 Å². The van der Waals surface area contributed by atoms with Gasteiger partial charge in [0.2, 0.25) is 0 Å². The molecule has 0 aliphatic carbocycles. The van der Waals surface area contributed by atoms with Crippen molar-refractivity contribution in [1.82, 2.24) is 0 Å². The quantitative estimate of drug-likeness (QED) is 0.430. The molecule has 0 aromatic heterocycles. The zero-order chi connectivity index (χ0) is 16.0. The van der Waals surface area contributed by atoms with Crippen LogP contribution in [-0.2, 0) is 4.79 Å². The molecule has 1 N–H and O–H groups in total. The van der Waals surface area contributed by atoms with Crippen molar-refractivity contribution in [2.75, 3.05) is 6.61 Å². The van der Waals surface area contributed by atoms with E-state index in [4.69, 9.17) is 9.84 Å². The number of carboxylic acids is 1. The highest BCUT2D eigenvalue weighted by molar-refractivity contribution is 9.10. The molecule has 0 spiro atoms. The lowest BCUT2D eigenvalue weighted by molar-refractivity contribution is -0.385. The second-order valence-corrected chi connectivity index (χ2v) is 6.22. The summed E-state index contributed by atoms with van der Waals surface area (Å²) in [7, 11) is 0. The number of carbonyl (C=O) groups is 1. The lowest BCUT2D eigenvalue weighted by Gasteiger charge is -2.18. The van der Waals surface area contributed by atoms with Crippen molar-refractivity contribution in [3.63, 3.8) is 0 Å². The Morgan fingerprint density at radius 1 is 1.43 bits per heavy atom. The third kappa shape index (κ3) is 5.34. The van der Waals surface area contributed by atoms with Gasteiger partial charge in [-0.25, -0.2) is 0 Å². The number of benzene rings is 1. The first-order valence-corrected chi connectivity index (χ1v) is 7.33. The topological polar surface area (TPSA) is 89.7 Å². The molecule has 0 radical (unpaired) electrons. The van der Waals surface area contributed by atoms with Crippen LogP contribution in [0.1, 0.15) is 33.1 Å². The number of rotatable bonds is 8. The van der Waals surface area contributed by atoms with E-state index in [0.29, 0.717) is 36.1 Å². The van der Waals surface area contributed by atoms with Crippen molar-refractivity contribution in [3.8, 4) is 5.75 Å². The predicted molar refractivity (Wildman–Crippen MR) is 81.6 cm³/mol. The molecule has 0 aliphatic rings. The number of hydrogen-bond acceptors (Lipinski definition) is 4. The van der Waals surface area contributed by atoms with Gasteiger partial charge in [-0.2, -0.15) is 0 Å². The summed E-state index contributed by atoms with van der Waals surface area (Å²) in [4.78, 5) is 21.2. The minimum absolute atomic E-state index is 0.0276. The lowest BCUT2D eigenvalue weighted by Crippen LogP contribution is -2.23. The Balaban J connectivity index is 2.45. The van der Waals surface area contributed by atoms with Crippen molar-refractivity contribution >= 4 is 27.6 Å². The van der Waals surface area contributed by atoms with Crippen molar-refractivity contribution in [2.24, 2.45) is 5.41 Å². The summed E-state index contributed by atoms with van der Waals surface area (Å²) in [5, 5.41) is 19.7. The predicted octanol–water partition coefficient (Wildman–Crippen LogP) is 4.02. The molecule has 0 unspecified atom stereocenters. The monoisotopic (exact) mass is 359 g/mol. The Bertz CT molecular complexity index is 530. The van der Waals surface area contributed by atoms with Crippen LogP contribution in [0.3, 0.4) is 0 Å². The summed E-state index contributed by atoms with van der Waals surface area (Å²) >= 11 is 3.27. The van der Waals surface area contributed by atoms with Gasteiger partial charge in [-0.15, -0.1) is 0 Å². The maximum absolute atomic E-state index is 11.0. The Hall–Kier alpha value is -1.63. The number of nitro groups is 1. The van der Waals surface area contributed by atoms with Gasteiger partial charge in [0, 0.05) is 6.07 Å². The molecule has 0 saturated heterocycles. The summed E-state index contributed by atoms with van der Waals surface area (Å²) in [5.74, 6) is -0.397. The highest BCUT2D eigenvalue weighted by Gasteiger charge is 2.26. The average Bonchev–Trinajstić information content (AvgIpc) is 2.39. The van der Waals surface area contributed by atoms with Crippen LogP contribution in [0.25, 0.3) is 0 Å². The van der Waals surface area contributed by atoms with Gasteiger partial charge in [0.25, 0.3) is 5.69 Å². The third-order valence-corrected chi connectivity index (χ3v) is 3.81. The van der Waals surface area contributed by atoms with Crippen molar-refractivity contribution in [1.29, 1.82) is 0 Å². The molecule has 0 amide bonds. The summed E-state index contributed by atoms with van der Waals surface area (Å²) in [6, 6.07) is 4.33. The summed E-state index contributed by atoms with van der Waals surface area (Å²) in [5.41, 5.74) is -0.772. The number of hydrogen-bond donors (Lipinski definition) is 1. The van der Waals surface area contributed by atoms with Gasteiger partial charge in [0.1, 0.15) is 5.75 Å². The molecule has 6 nitrogen and oxygen atoms in total. The number of nitro benzene ring substituents is 1. The first-order valence-electron chi connectivity index (χ1n) is 6.54. The Labute approximate surface area is 131 Å². The van der Waals surface area contributed by atoms with E-state index in [1.54, 1.807) is 19.9 Å². The zero-order valence-corrected chi connectivity index (χ0v) is 13.6. The molecular weight excluding hydrogens is 342 g/mol. The number of ether oxygens (including phenoxy) is 1. The van der Waals surface area contributed by atoms with Gasteiger partial charge >= 0.3 is 5.97 Å². The molecular formula is C14H18BrNO5. The first-order chi connectivity index (χ1) is 9.74. The standard InChI is InChI=1S/C14H18BrNO5/c1-14(2,13(17)18)7-3-4-8-21-12-9-10(16(19)20)5-6-11(12)15/h5-6,9H,3-4,7-8H2,1-2H3,(H,17,18). The molecule has 1 rings (SSSR count). The van der Waals surface area contributed by atoms with Gasteiger partial charge in [0.05, 0.1) is 27.5 Å². The maximum atomic E-state index is 11.0. The molecule has 0 heterocycles. The van der Waals surface area contributed by atoms with Crippen LogP contribution in [0.4, 0.5) is 5.69 Å². The van der Waals surface area contributed by atoms with E-state index < -0.39 is 16.3 Å². The number of halogens is 1. The van der Waals surface area contributed by atoms with E-state index >= 15 is 0 Å². The van der Waals surface area contributed by atoms with E-state index in [1.165, 1.54) is 12.1 Å². The second kappa shape index (κ2) is 7.40. The normalized spacial score (nSPS) is 11.2. The van der Waals surface area contributed by atoms with E-state index in [2.05, 4.69) is 15.9 Å². The minimum Gasteiger partial charge on any atom is -0.492 e. The van der Waals surface area contributed by atoms with Gasteiger partial charge in [0.15, 0.2) is 0 Å². The fourth-order valence-corrected chi connectivity index (χ4v) is 2.04. The molecule has 0 fully saturated rings. The molecule has 1 aromatic rings. The van der Waals surface area contributed by atoms with Crippen molar-refractivity contribution < 1.29 is 19.6 Å². The summed E-state index contributed by atoms with van der Waals surface area (Å²) < 4.78 is 6.16. The van der Waals surface area contributed by atoms with Crippen LogP contribution in [0.2, 0.25) is 0 Å². The molecule has 0 aliphatic heterocycles. The van der Waals surface area contributed by atoms with E-state index in [9.17, 15) is 14.9 Å². The molecule has 0 saturated carbocycles. The number of nitrogens with zero attached hydrogens (tertiary/aromatic N) is 1. The zero-order valence-electron chi connectivity index (χ0n) is 12.0. The third-order valence-electron chi connectivity index (χ3n) is 3.16. The Morgan fingerprint density at radius 3 is 2.67 bits per heavy atom. The van der Waals surface area contributed by atoms with Crippen LogP contribution >= 0.6 is 15.9 Å². The van der Waals surface area contributed by atoms with Crippen LogP contribution in [-0.4, -0.2) is 22.6 Å². The Kier molecular flexibility index (Phi) is 6.14. The summed E-state index contributed by atoms with van der Waals surface area (Å²) in [6.07, 6.45) is 1.96. The van der Waals surface area contributed by atoms with Gasteiger partial charge in [-0.05, 0) is 55.1 Å². The molecule has 0 atom stereocenters. The maximum Gasteiger partial charge on any atom is 0.309 e. The molecule has 116 valence electrons. The Morgan fingerprint density at radius 2 is 2.10 bits per heavy atom. The molecule has 21 heavy (non-hydrogen) atoms. The number of non-ortho nitro benzene ring substituents is 1. The van der Waals surface area contributed by atoms with E-state index in [-0.39, 0.29) is 5.69 Å². The van der Waals surface area contributed by atoms with Crippen molar-refractivity contribution in [3.05, 3.63) is 32.8 Å². The molecule has 1 aromatic carbocycles. The lowest BCUT2D eigenvalue weighted by atomic mass is 9.87. The van der Waals surface area contributed by atoms with Gasteiger partial charge in [-0.3, -0.25) is 14.9 Å². The fourth-order valence-electron chi connectivity index (χ4n) is 1.67. The minimum atomic E-state index is -0.815. The SMILES string of the molecule is CC(C)(CCCCOc1cc([N+](=O)[O-])ccc1Br)C(=O)O. The van der Waals surface area contributed by atoms with Crippen LogP contribution < -0.4 is 4.74 Å². The van der Waals surface area contributed by atoms with Crippen LogP contribution in [0.15, 0.2) is 22.7 Å². The van der Waals surface area contributed by atoms with Gasteiger partial charge in [-0.1, -0.05) is 0 Å². The average molecular weight is 360 g/mol. The second-order valence-electron chi connectivity index (χ2n) is 5.37. The fraction of sp³-hybridized carbons (Fsp3) is 0.500. The molecule has 0 bridgehead atoms. The number of carboxylic acid groups (broad SMARTS) is 1. The van der Waals surface area contributed by atoms with E-state index in [0.717, 1.165) is 0 Å². The smallest absolute Gasteiger partial charge is 0.309 e. The number of aliphatic carboxylic acids is 1. The highest BCUT2D eigenvalue weighted by Crippen LogP contribution is 2.29. The van der Waals surface area contributed by atoms with Crippen molar-refractivity contribution in [2.45, 2.75) is 33.1 Å². The first kappa shape index (κ1) is 17.4. The van der Waals surface area contributed by atoms with E-state index in [1.807, 2.05) is 0 Å². The highest BCUT2D eigenvalue weighted by atomic mass is 79.9. The van der Waals surface area contributed by atoms with Crippen LogP contribution in [0.5, 0.6) is 5.75 Å².